The van der Waals surface area contributed by atoms with Gasteiger partial charge in [0.15, 0.2) is 11.2 Å². The van der Waals surface area contributed by atoms with Crippen molar-refractivity contribution in [1.82, 2.24) is 10.3 Å². The van der Waals surface area contributed by atoms with Gasteiger partial charge in [0.2, 0.25) is 0 Å². The second-order valence-electron chi connectivity index (χ2n) is 5.72. The molecule has 4 aromatic rings. The molecule has 1 amide bonds. The first-order chi connectivity index (χ1) is 12.7. The van der Waals surface area contributed by atoms with Gasteiger partial charge in [0.05, 0.1) is 11.1 Å². The third-order valence-corrected chi connectivity index (χ3v) is 4.64. The Morgan fingerprint density at radius 3 is 2.88 bits per heavy atom. The van der Waals surface area contributed by atoms with E-state index in [0.717, 1.165) is 16.8 Å². The summed E-state index contributed by atoms with van der Waals surface area (Å²) in [5.41, 5.74) is 2.98. The van der Waals surface area contributed by atoms with Crippen molar-refractivity contribution in [1.29, 1.82) is 0 Å². The number of thiophene rings is 1. The van der Waals surface area contributed by atoms with Crippen molar-refractivity contribution in [3.05, 3.63) is 87.0 Å². The number of fused-ring (bicyclic) bond motifs is 1. The summed E-state index contributed by atoms with van der Waals surface area (Å²) in [6, 6.07) is 13.9. The van der Waals surface area contributed by atoms with E-state index in [0.29, 0.717) is 17.5 Å². The molecule has 1 aromatic carbocycles. The molecule has 4 rings (SSSR count). The first kappa shape index (κ1) is 16.2. The van der Waals surface area contributed by atoms with Crippen molar-refractivity contribution >= 4 is 28.2 Å². The third-order valence-electron chi connectivity index (χ3n) is 3.95. The second-order valence-corrected chi connectivity index (χ2v) is 6.50. The average Bonchev–Trinajstić information content (AvgIpc) is 3.21. The van der Waals surface area contributed by atoms with Gasteiger partial charge in [0.25, 0.3) is 5.91 Å². The highest BCUT2D eigenvalue weighted by Crippen LogP contribution is 2.20. The Labute approximate surface area is 152 Å². The highest BCUT2D eigenvalue weighted by molar-refractivity contribution is 7.08. The van der Waals surface area contributed by atoms with Crippen LogP contribution in [0.3, 0.4) is 0 Å². The summed E-state index contributed by atoms with van der Waals surface area (Å²) in [4.78, 5) is 28.8. The van der Waals surface area contributed by atoms with Gasteiger partial charge in [-0.15, -0.1) is 0 Å². The Kier molecular flexibility index (Phi) is 4.33. The molecule has 0 aliphatic heterocycles. The van der Waals surface area contributed by atoms with Crippen molar-refractivity contribution in [2.24, 2.45) is 0 Å². The summed E-state index contributed by atoms with van der Waals surface area (Å²) >= 11 is 1.61. The maximum absolute atomic E-state index is 12.4. The number of hydrogen-bond donors (Lipinski definition) is 1. The molecule has 128 valence electrons. The van der Waals surface area contributed by atoms with Crippen LogP contribution in [-0.2, 0) is 6.54 Å². The zero-order chi connectivity index (χ0) is 17.9. The number of carbonyl (C=O) groups is 1. The van der Waals surface area contributed by atoms with Crippen LogP contribution in [0.2, 0.25) is 0 Å². The normalized spacial score (nSPS) is 10.8. The van der Waals surface area contributed by atoms with E-state index in [4.69, 9.17) is 4.42 Å². The zero-order valence-electron chi connectivity index (χ0n) is 13.6. The van der Waals surface area contributed by atoms with Gasteiger partial charge in [-0.3, -0.25) is 14.6 Å². The van der Waals surface area contributed by atoms with Gasteiger partial charge in [-0.25, -0.2) is 0 Å². The highest BCUT2D eigenvalue weighted by Gasteiger charge is 2.12. The Morgan fingerprint density at radius 2 is 2.04 bits per heavy atom. The Morgan fingerprint density at radius 1 is 1.15 bits per heavy atom. The van der Waals surface area contributed by atoms with E-state index >= 15 is 0 Å². The summed E-state index contributed by atoms with van der Waals surface area (Å²) < 4.78 is 5.55. The van der Waals surface area contributed by atoms with Crippen molar-refractivity contribution in [2.75, 3.05) is 0 Å². The van der Waals surface area contributed by atoms with Crippen LogP contribution in [0.1, 0.15) is 16.1 Å². The first-order valence-corrected chi connectivity index (χ1v) is 8.93. The minimum atomic E-state index is -0.429. The van der Waals surface area contributed by atoms with Crippen molar-refractivity contribution in [2.45, 2.75) is 6.54 Å². The molecule has 0 saturated carbocycles. The number of rotatable bonds is 4. The molecular weight excluding hydrogens is 348 g/mol. The molecule has 0 bridgehead atoms. The van der Waals surface area contributed by atoms with Gasteiger partial charge in [-0.2, -0.15) is 11.3 Å². The maximum Gasteiger partial charge on any atom is 0.287 e. The smallest absolute Gasteiger partial charge is 0.287 e. The molecule has 0 fully saturated rings. The lowest BCUT2D eigenvalue weighted by atomic mass is 10.1. The lowest BCUT2D eigenvalue weighted by Gasteiger charge is -2.07. The minimum Gasteiger partial charge on any atom is -0.451 e. The second kappa shape index (κ2) is 6.93. The molecule has 0 aliphatic carbocycles. The molecule has 0 saturated heterocycles. The topological polar surface area (TPSA) is 72.2 Å². The predicted molar refractivity (Wildman–Crippen MR) is 101 cm³/mol. The van der Waals surface area contributed by atoms with E-state index in [1.54, 1.807) is 41.8 Å². The molecule has 1 N–H and O–H groups in total. The summed E-state index contributed by atoms with van der Waals surface area (Å²) in [6.07, 6.45) is 1.71. The van der Waals surface area contributed by atoms with Crippen LogP contribution in [0.15, 0.2) is 74.7 Å². The molecule has 0 spiro atoms. The van der Waals surface area contributed by atoms with Crippen molar-refractivity contribution in [3.8, 4) is 11.3 Å². The number of benzene rings is 1. The molecule has 6 heteroatoms. The molecule has 5 nitrogen and oxygen atoms in total. The van der Waals surface area contributed by atoms with E-state index in [1.165, 1.54) is 6.07 Å². The van der Waals surface area contributed by atoms with E-state index < -0.39 is 5.91 Å². The molecule has 3 aromatic heterocycles. The standard InChI is InChI=1S/C20H14N2O3S/c23-17-10-19(25-18-4-2-1-3-15(17)18)20(24)22-11-13-5-7-21-16(9-13)14-6-8-26-12-14/h1-10,12H,11H2,(H,22,24). The fourth-order valence-corrected chi connectivity index (χ4v) is 3.29. The number of para-hydroxylation sites is 1. The number of nitrogens with one attached hydrogen (secondary N) is 1. The predicted octanol–water partition coefficient (Wildman–Crippen LogP) is 3.85. The Bertz CT molecular complexity index is 1130. The number of hydrogen-bond acceptors (Lipinski definition) is 5. The van der Waals surface area contributed by atoms with Gasteiger partial charge in [-0.05, 0) is 41.3 Å². The van der Waals surface area contributed by atoms with Crippen LogP contribution >= 0.6 is 11.3 Å². The number of nitrogens with zero attached hydrogens (tertiary/aromatic N) is 1. The number of carbonyl (C=O) groups excluding carboxylic acids is 1. The first-order valence-electron chi connectivity index (χ1n) is 7.99. The Balaban J connectivity index is 1.53. The number of aromatic nitrogens is 1. The largest absolute Gasteiger partial charge is 0.451 e. The summed E-state index contributed by atoms with van der Waals surface area (Å²) in [6.45, 7) is 0.315. The van der Waals surface area contributed by atoms with Crippen LogP contribution in [0.4, 0.5) is 0 Å². The van der Waals surface area contributed by atoms with Crippen LogP contribution < -0.4 is 10.7 Å². The van der Waals surface area contributed by atoms with Crippen LogP contribution in [-0.4, -0.2) is 10.9 Å². The Hall–Kier alpha value is -3.25. The zero-order valence-corrected chi connectivity index (χ0v) is 14.5. The van der Waals surface area contributed by atoms with E-state index in [2.05, 4.69) is 10.3 Å². The van der Waals surface area contributed by atoms with Gasteiger partial charge in [-0.1, -0.05) is 12.1 Å². The van der Waals surface area contributed by atoms with E-state index in [1.807, 2.05) is 29.0 Å². The fraction of sp³-hybridized carbons (Fsp3) is 0.0500. The van der Waals surface area contributed by atoms with Gasteiger partial charge >= 0.3 is 0 Å². The average molecular weight is 362 g/mol. The highest BCUT2D eigenvalue weighted by atomic mass is 32.1. The number of amides is 1. The van der Waals surface area contributed by atoms with Crippen LogP contribution in [0, 0.1) is 0 Å². The lowest BCUT2D eigenvalue weighted by molar-refractivity contribution is 0.0923. The molecule has 0 aliphatic rings. The molecule has 0 radical (unpaired) electrons. The molecule has 3 heterocycles. The van der Waals surface area contributed by atoms with E-state index in [9.17, 15) is 9.59 Å². The van der Waals surface area contributed by atoms with Crippen LogP contribution in [0.5, 0.6) is 0 Å². The molecule has 0 atom stereocenters. The van der Waals surface area contributed by atoms with Gasteiger partial charge in [0.1, 0.15) is 5.58 Å². The monoisotopic (exact) mass is 362 g/mol. The minimum absolute atomic E-state index is 0.000754. The van der Waals surface area contributed by atoms with E-state index in [-0.39, 0.29) is 11.2 Å². The summed E-state index contributed by atoms with van der Waals surface area (Å²) in [5.74, 6) is -0.428. The van der Waals surface area contributed by atoms with Gasteiger partial charge in [0, 0.05) is 29.8 Å². The van der Waals surface area contributed by atoms with Crippen molar-refractivity contribution in [3.63, 3.8) is 0 Å². The summed E-state index contributed by atoms with van der Waals surface area (Å²) in [5, 5.41) is 7.26. The van der Waals surface area contributed by atoms with Gasteiger partial charge < -0.3 is 9.73 Å². The van der Waals surface area contributed by atoms with Crippen molar-refractivity contribution < 1.29 is 9.21 Å². The molecule has 26 heavy (non-hydrogen) atoms. The SMILES string of the molecule is O=C(NCc1ccnc(-c2ccsc2)c1)c1cc(=O)c2ccccc2o1. The lowest BCUT2D eigenvalue weighted by Crippen LogP contribution is -2.24. The maximum atomic E-state index is 12.4. The molecule has 0 unspecified atom stereocenters. The number of pyridine rings is 1. The third kappa shape index (κ3) is 3.27. The fourth-order valence-electron chi connectivity index (χ4n) is 2.64. The van der Waals surface area contributed by atoms with Crippen LogP contribution in [0.25, 0.3) is 22.2 Å². The molecular formula is C20H14N2O3S. The quantitative estimate of drug-likeness (QED) is 0.599. The summed E-state index contributed by atoms with van der Waals surface area (Å²) in [7, 11) is 0.